The molecule has 0 fully saturated rings. The summed E-state index contributed by atoms with van der Waals surface area (Å²) in [7, 11) is 0. The van der Waals surface area contributed by atoms with Gasteiger partial charge in [-0.2, -0.15) is 5.10 Å². The van der Waals surface area contributed by atoms with E-state index in [1.165, 1.54) is 17.0 Å². The molecule has 0 aliphatic carbocycles. The second-order valence-electron chi connectivity index (χ2n) is 4.49. The molecule has 1 aromatic heterocycles. The highest BCUT2D eigenvalue weighted by Gasteiger charge is 2.17. The Labute approximate surface area is 120 Å². The molecule has 1 heterocycles. The number of nitro benzene ring substituents is 1. The molecule has 110 valence electrons. The second kappa shape index (κ2) is 5.61. The molecule has 0 saturated heterocycles. The Morgan fingerprint density at radius 1 is 1.57 bits per heavy atom. The zero-order valence-corrected chi connectivity index (χ0v) is 11.6. The molecule has 3 N–H and O–H groups in total. The van der Waals surface area contributed by atoms with Crippen LogP contribution >= 0.6 is 0 Å². The molecule has 0 saturated carbocycles. The van der Waals surface area contributed by atoms with Gasteiger partial charge in [0.15, 0.2) is 0 Å². The van der Waals surface area contributed by atoms with Crippen LogP contribution in [0.15, 0.2) is 23.4 Å². The van der Waals surface area contributed by atoms with Crippen molar-refractivity contribution in [2.24, 2.45) is 5.10 Å². The largest absolute Gasteiger partial charge is 0.502 e. The van der Waals surface area contributed by atoms with Gasteiger partial charge in [0.05, 0.1) is 23.0 Å². The number of aromatic hydroxyl groups is 1. The molecule has 0 amide bonds. The van der Waals surface area contributed by atoms with E-state index in [4.69, 9.17) is 5.73 Å². The van der Waals surface area contributed by atoms with Gasteiger partial charge in [-0.1, -0.05) is 6.92 Å². The van der Waals surface area contributed by atoms with Crippen LogP contribution in [0.3, 0.4) is 0 Å². The Morgan fingerprint density at radius 3 is 2.81 bits per heavy atom. The topological polar surface area (TPSA) is 120 Å². The molecule has 2 rings (SSSR count). The van der Waals surface area contributed by atoms with E-state index in [0.29, 0.717) is 12.1 Å². The van der Waals surface area contributed by atoms with Crippen molar-refractivity contribution in [3.05, 3.63) is 45.3 Å². The van der Waals surface area contributed by atoms with Crippen molar-refractivity contribution in [2.75, 3.05) is 5.73 Å². The Morgan fingerprint density at radius 2 is 2.29 bits per heavy atom. The fourth-order valence-electron chi connectivity index (χ4n) is 1.86. The highest BCUT2D eigenvalue weighted by atomic mass is 16.6. The average Bonchev–Trinajstić information content (AvgIpc) is 2.75. The standard InChI is InChI=1S/C13H15N5O3/c1-3-9-4-10(12(19)11(5-9)18(20)21)6-15-17-7-8(2)16-13(17)14/h4-7,19H,3H2,1-2H3,(H2,14,16). The number of phenolic OH excluding ortho intramolecular Hbond substituents is 1. The number of imidazole rings is 1. The lowest BCUT2D eigenvalue weighted by Gasteiger charge is -2.04. The summed E-state index contributed by atoms with van der Waals surface area (Å²) in [6.07, 6.45) is 3.54. The van der Waals surface area contributed by atoms with Crippen LogP contribution in [0, 0.1) is 17.0 Å². The lowest BCUT2D eigenvalue weighted by atomic mass is 10.1. The van der Waals surface area contributed by atoms with Gasteiger partial charge >= 0.3 is 5.69 Å². The van der Waals surface area contributed by atoms with Crippen LogP contribution in [-0.2, 0) is 6.42 Å². The minimum atomic E-state index is -0.623. The van der Waals surface area contributed by atoms with Gasteiger partial charge < -0.3 is 10.8 Å². The Bertz CT molecular complexity index is 721. The van der Waals surface area contributed by atoms with Gasteiger partial charge in [-0.25, -0.2) is 9.66 Å². The predicted octanol–water partition coefficient (Wildman–Crippen LogP) is 1.83. The van der Waals surface area contributed by atoms with Crippen LogP contribution in [0.25, 0.3) is 0 Å². The number of aromatic nitrogens is 2. The van der Waals surface area contributed by atoms with E-state index in [0.717, 1.165) is 5.56 Å². The molecule has 2 aromatic rings. The number of rotatable bonds is 4. The number of phenols is 1. The van der Waals surface area contributed by atoms with Crippen LogP contribution < -0.4 is 5.73 Å². The Balaban J connectivity index is 2.46. The van der Waals surface area contributed by atoms with E-state index in [9.17, 15) is 15.2 Å². The first-order valence-corrected chi connectivity index (χ1v) is 6.28. The summed E-state index contributed by atoms with van der Waals surface area (Å²) in [6, 6.07) is 2.99. The maximum atomic E-state index is 10.9. The summed E-state index contributed by atoms with van der Waals surface area (Å²) in [4.78, 5) is 14.3. The van der Waals surface area contributed by atoms with E-state index in [1.807, 2.05) is 6.92 Å². The monoisotopic (exact) mass is 289 g/mol. The zero-order valence-electron chi connectivity index (χ0n) is 11.6. The van der Waals surface area contributed by atoms with E-state index in [2.05, 4.69) is 10.1 Å². The van der Waals surface area contributed by atoms with Crippen molar-refractivity contribution < 1.29 is 10.0 Å². The molecular formula is C13H15N5O3. The molecule has 8 heteroatoms. The lowest BCUT2D eigenvalue weighted by Crippen LogP contribution is -1.99. The van der Waals surface area contributed by atoms with Gasteiger partial charge in [0, 0.05) is 11.6 Å². The SMILES string of the molecule is CCc1cc(C=Nn2cc(C)nc2N)c(O)c([N+](=O)[O-])c1. The van der Waals surface area contributed by atoms with Gasteiger partial charge in [-0.3, -0.25) is 10.1 Å². The fourth-order valence-corrected chi connectivity index (χ4v) is 1.86. The number of hydrogen-bond donors (Lipinski definition) is 2. The van der Waals surface area contributed by atoms with Crippen molar-refractivity contribution in [1.82, 2.24) is 9.66 Å². The number of nitrogens with two attached hydrogens (primary N) is 1. The number of hydrogen-bond acceptors (Lipinski definition) is 6. The van der Waals surface area contributed by atoms with E-state index >= 15 is 0 Å². The number of aryl methyl sites for hydroxylation is 2. The van der Waals surface area contributed by atoms with Crippen molar-refractivity contribution in [3.63, 3.8) is 0 Å². The molecule has 0 atom stereocenters. The molecule has 0 aliphatic heterocycles. The van der Waals surface area contributed by atoms with Crippen LogP contribution in [0.5, 0.6) is 5.75 Å². The van der Waals surface area contributed by atoms with Crippen molar-refractivity contribution >= 4 is 17.9 Å². The third-order valence-electron chi connectivity index (χ3n) is 2.94. The van der Waals surface area contributed by atoms with E-state index in [1.54, 1.807) is 19.2 Å². The first kappa shape index (κ1) is 14.5. The Kier molecular flexibility index (Phi) is 3.88. The summed E-state index contributed by atoms with van der Waals surface area (Å²) in [5.74, 6) is -0.222. The molecule has 0 radical (unpaired) electrons. The van der Waals surface area contributed by atoms with Crippen LogP contribution in [0.2, 0.25) is 0 Å². The number of anilines is 1. The minimum absolute atomic E-state index is 0.199. The summed E-state index contributed by atoms with van der Waals surface area (Å²) in [5.41, 5.74) is 6.99. The number of nitrogen functional groups attached to an aromatic ring is 1. The van der Waals surface area contributed by atoms with E-state index in [-0.39, 0.29) is 17.2 Å². The van der Waals surface area contributed by atoms with Gasteiger partial charge in [0.1, 0.15) is 0 Å². The number of benzene rings is 1. The smallest absolute Gasteiger partial charge is 0.311 e. The minimum Gasteiger partial charge on any atom is -0.502 e. The maximum Gasteiger partial charge on any atom is 0.311 e. The quantitative estimate of drug-likeness (QED) is 0.505. The normalized spacial score (nSPS) is 11.1. The molecule has 0 bridgehead atoms. The molecule has 0 unspecified atom stereocenters. The van der Waals surface area contributed by atoms with Gasteiger partial charge in [-0.15, -0.1) is 0 Å². The van der Waals surface area contributed by atoms with Gasteiger partial charge in [0.25, 0.3) is 0 Å². The summed E-state index contributed by atoms with van der Waals surface area (Å²) in [6.45, 7) is 3.64. The molecule has 1 aromatic carbocycles. The maximum absolute atomic E-state index is 10.9. The highest BCUT2D eigenvalue weighted by Crippen LogP contribution is 2.30. The third kappa shape index (κ3) is 2.99. The molecule has 8 nitrogen and oxygen atoms in total. The van der Waals surface area contributed by atoms with Crippen LogP contribution in [0.1, 0.15) is 23.7 Å². The Hall–Kier alpha value is -2.90. The van der Waals surface area contributed by atoms with Crippen molar-refractivity contribution in [1.29, 1.82) is 0 Å². The zero-order chi connectivity index (χ0) is 15.6. The summed E-state index contributed by atoms with van der Waals surface area (Å²) < 4.78 is 1.33. The van der Waals surface area contributed by atoms with Crippen molar-refractivity contribution in [3.8, 4) is 5.75 Å². The molecule has 0 spiro atoms. The predicted molar refractivity (Wildman–Crippen MR) is 78.5 cm³/mol. The molecule has 0 aliphatic rings. The molecular weight excluding hydrogens is 274 g/mol. The third-order valence-corrected chi connectivity index (χ3v) is 2.94. The first-order chi connectivity index (χ1) is 9.92. The summed E-state index contributed by atoms with van der Waals surface area (Å²) in [5, 5.41) is 24.9. The van der Waals surface area contributed by atoms with Crippen molar-refractivity contribution in [2.45, 2.75) is 20.3 Å². The van der Waals surface area contributed by atoms with Gasteiger partial charge in [0.2, 0.25) is 11.7 Å². The average molecular weight is 289 g/mol. The molecule has 21 heavy (non-hydrogen) atoms. The fraction of sp³-hybridized carbons (Fsp3) is 0.231. The lowest BCUT2D eigenvalue weighted by molar-refractivity contribution is -0.385. The van der Waals surface area contributed by atoms with Crippen LogP contribution in [-0.4, -0.2) is 25.9 Å². The van der Waals surface area contributed by atoms with E-state index < -0.39 is 10.7 Å². The number of nitrogens with zero attached hydrogens (tertiary/aromatic N) is 4. The second-order valence-corrected chi connectivity index (χ2v) is 4.49. The summed E-state index contributed by atoms with van der Waals surface area (Å²) >= 11 is 0. The highest BCUT2D eigenvalue weighted by molar-refractivity contribution is 5.86. The first-order valence-electron chi connectivity index (χ1n) is 6.28. The number of nitro groups is 1. The van der Waals surface area contributed by atoms with Crippen LogP contribution in [0.4, 0.5) is 11.6 Å². The van der Waals surface area contributed by atoms with Gasteiger partial charge in [-0.05, 0) is 25.0 Å².